The Kier molecular flexibility index (Phi) is 5.08. The summed E-state index contributed by atoms with van der Waals surface area (Å²) in [4.78, 5) is 17.4. The van der Waals surface area contributed by atoms with Gasteiger partial charge in [-0.25, -0.2) is 0 Å². The van der Waals surface area contributed by atoms with E-state index in [1.807, 2.05) is 73.6 Å². The minimum atomic E-state index is -0.0805. The van der Waals surface area contributed by atoms with Crippen molar-refractivity contribution in [3.05, 3.63) is 63.5 Å². The minimum absolute atomic E-state index is 0.0805. The number of rotatable bonds is 3. The van der Waals surface area contributed by atoms with Crippen LogP contribution in [0.3, 0.4) is 0 Å². The van der Waals surface area contributed by atoms with E-state index in [-0.39, 0.29) is 5.24 Å². The molecule has 0 aliphatic carbocycles. The van der Waals surface area contributed by atoms with Gasteiger partial charge in [-0.3, -0.25) is 9.69 Å². The molecule has 1 aliphatic heterocycles. The number of thioether (sulfide) groups is 1. The van der Waals surface area contributed by atoms with Gasteiger partial charge < -0.3 is 4.90 Å². The monoisotopic (exact) mass is 418 g/mol. The van der Waals surface area contributed by atoms with E-state index in [1.54, 1.807) is 4.90 Å². The number of amides is 1. The summed E-state index contributed by atoms with van der Waals surface area (Å²) in [6, 6.07) is 15.7. The third-order valence-electron chi connectivity index (χ3n) is 3.59. The van der Waals surface area contributed by atoms with Gasteiger partial charge in [0, 0.05) is 24.3 Å². The number of hydrogen-bond donors (Lipinski definition) is 0. The first-order valence-electron chi connectivity index (χ1n) is 7.27. The Morgan fingerprint density at radius 2 is 1.79 bits per heavy atom. The van der Waals surface area contributed by atoms with Crippen molar-refractivity contribution in [2.24, 2.45) is 0 Å². The summed E-state index contributed by atoms with van der Waals surface area (Å²) in [5.74, 6) is 0. The number of benzene rings is 2. The fourth-order valence-corrected chi connectivity index (χ4v) is 4.06. The van der Waals surface area contributed by atoms with Crippen LogP contribution >= 0.6 is 39.9 Å². The summed E-state index contributed by atoms with van der Waals surface area (Å²) in [5.41, 5.74) is 2.92. The van der Waals surface area contributed by atoms with Crippen LogP contribution in [0.25, 0.3) is 6.08 Å². The van der Waals surface area contributed by atoms with Crippen molar-refractivity contribution in [2.75, 3.05) is 23.9 Å². The van der Waals surface area contributed by atoms with Gasteiger partial charge in [0.1, 0.15) is 4.99 Å². The highest BCUT2D eigenvalue weighted by Crippen LogP contribution is 2.39. The molecule has 0 aromatic heterocycles. The number of para-hydroxylation sites is 1. The molecule has 2 aromatic rings. The molecule has 3 rings (SSSR count). The number of carbonyl (C=O) groups is 1. The average molecular weight is 419 g/mol. The highest BCUT2D eigenvalue weighted by molar-refractivity contribution is 9.10. The fraction of sp³-hybridized carbons (Fsp3) is 0.111. The van der Waals surface area contributed by atoms with E-state index in [4.69, 9.17) is 12.2 Å². The van der Waals surface area contributed by atoms with Gasteiger partial charge in [-0.2, -0.15) is 0 Å². The van der Waals surface area contributed by atoms with Crippen LogP contribution in [0, 0.1) is 0 Å². The zero-order chi connectivity index (χ0) is 17.3. The van der Waals surface area contributed by atoms with E-state index in [0.717, 1.165) is 26.3 Å². The summed E-state index contributed by atoms with van der Waals surface area (Å²) in [5, 5.41) is -0.0805. The minimum Gasteiger partial charge on any atom is -0.378 e. The van der Waals surface area contributed by atoms with Crippen molar-refractivity contribution < 1.29 is 4.79 Å². The molecule has 0 radical (unpaired) electrons. The quantitative estimate of drug-likeness (QED) is 0.480. The lowest BCUT2D eigenvalue weighted by molar-refractivity contribution is 0.268. The zero-order valence-corrected chi connectivity index (χ0v) is 16.4. The van der Waals surface area contributed by atoms with Crippen molar-refractivity contribution in [3.8, 4) is 0 Å². The number of carbonyl (C=O) groups excluding carboxylic acids is 1. The molecule has 1 aliphatic rings. The molecule has 0 bridgehead atoms. The Balaban J connectivity index is 1.90. The highest BCUT2D eigenvalue weighted by Gasteiger charge is 2.33. The lowest BCUT2D eigenvalue weighted by Gasteiger charge is -2.16. The Morgan fingerprint density at radius 1 is 1.12 bits per heavy atom. The van der Waals surface area contributed by atoms with Gasteiger partial charge in [-0.05, 0) is 63.6 Å². The first kappa shape index (κ1) is 17.2. The van der Waals surface area contributed by atoms with E-state index >= 15 is 0 Å². The lowest BCUT2D eigenvalue weighted by Crippen LogP contribution is -2.26. The van der Waals surface area contributed by atoms with Crippen LogP contribution < -0.4 is 9.80 Å². The molecule has 0 unspecified atom stereocenters. The number of hydrogen-bond acceptors (Lipinski definition) is 4. The average Bonchev–Trinajstić information content (AvgIpc) is 2.83. The maximum atomic E-state index is 12.4. The second-order valence-electron chi connectivity index (χ2n) is 5.45. The maximum Gasteiger partial charge on any atom is 0.296 e. The zero-order valence-electron chi connectivity index (χ0n) is 13.2. The SMILES string of the molecule is CN(C)c1ccc(C=C2SC(=O)N(c3ccccc3Br)C2=S)cc1. The first-order valence-corrected chi connectivity index (χ1v) is 9.29. The molecule has 3 nitrogen and oxygen atoms in total. The van der Waals surface area contributed by atoms with Crippen molar-refractivity contribution >= 4 is 67.6 Å². The summed E-state index contributed by atoms with van der Waals surface area (Å²) in [7, 11) is 4.01. The molecule has 1 saturated heterocycles. The lowest BCUT2D eigenvalue weighted by atomic mass is 10.2. The van der Waals surface area contributed by atoms with E-state index in [2.05, 4.69) is 15.9 Å². The second kappa shape index (κ2) is 7.09. The van der Waals surface area contributed by atoms with Gasteiger partial charge >= 0.3 is 0 Å². The standard InChI is InChI=1S/C18H15BrN2OS2/c1-20(2)13-9-7-12(8-10-13)11-16-17(23)21(18(22)24-16)15-6-4-3-5-14(15)19/h3-11H,1-2H3. The smallest absolute Gasteiger partial charge is 0.296 e. The topological polar surface area (TPSA) is 23.6 Å². The predicted octanol–water partition coefficient (Wildman–Crippen LogP) is 5.56. The molecular weight excluding hydrogens is 404 g/mol. The summed E-state index contributed by atoms with van der Waals surface area (Å²) in [6.07, 6.45) is 1.96. The van der Waals surface area contributed by atoms with Gasteiger partial charge in [-0.1, -0.05) is 36.5 Å². The Labute approximate surface area is 159 Å². The number of halogens is 1. The third-order valence-corrected chi connectivity index (χ3v) is 5.68. The van der Waals surface area contributed by atoms with Crippen molar-refractivity contribution in [2.45, 2.75) is 0 Å². The maximum absolute atomic E-state index is 12.4. The second-order valence-corrected chi connectivity index (χ2v) is 7.69. The van der Waals surface area contributed by atoms with Gasteiger partial charge in [0.25, 0.3) is 5.24 Å². The highest BCUT2D eigenvalue weighted by atomic mass is 79.9. The largest absolute Gasteiger partial charge is 0.378 e. The molecule has 1 amide bonds. The molecule has 122 valence electrons. The molecule has 24 heavy (non-hydrogen) atoms. The van der Waals surface area contributed by atoms with Crippen LogP contribution in [0.2, 0.25) is 0 Å². The van der Waals surface area contributed by atoms with Gasteiger partial charge in [-0.15, -0.1) is 0 Å². The van der Waals surface area contributed by atoms with Crippen molar-refractivity contribution in [1.82, 2.24) is 0 Å². The Morgan fingerprint density at radius 3 is 2.42 bits per heavy atom. The van der Waals surface area contributed by atoms with Gasteiger partial charge in [0.2, 0.25) is 0 Å². The Bertz CT molecular complexity index is 831. The summed E-state index contributed by atoms with van der Waals surface area (Å²) < 4.78 is 0.845. The molecule has 1 fully saturated rings. The molecule has 0 saturated carbocycles. The van der Waals surface area contributed by atoms with E-state index in [0.29, 0.717) is 4.99 Å². The van der Waals surface area contributed by atoms with Crippen molar-refractivity contribution in [3.63, 3.8) is 0 Å². The normalized spacial score (nSPS) is 16.1. The molecule has 2 aromatic carbocycles. The van der Waals surface area contributed by atoms with E-state index in [1.165, 1.54) is 11.8 Å². The van der Waals surface area contributed by atoms with Crippen LogP contribution in [0.1, 0.15) is 5.56 Å². The molecular formula is C18H15BrN2OS2. The van der Waals surface area contributed by atoms with Gasteiger partial charge in [0.05, 0.1) is 10.6 Å². The van der Waals surface area contributed by atoms with Crippen LogP contribution in [-0.2, 0) is 0 Å². The van der Waals surface area contributed by atoms with Gasteiger partial charge in [0.15, 0.2) is 0 Å². The molecule has 0 N–H and O–H groups in total. The van der Waals surface area contributed by atoms with Crippen LogP contribution in [-0.4, -0.2) is 24.3 Å². The molecule has 1 heterocycles. The van der Waals surface area contributed by atoms with E-state index < -0.39 is 0 Å². The summed E-state index contributed by atoms with van der Waals surface area (Å²) >= 11 is 10.2. The predicted molar refractivity (Wildman–Crippen MR) is 111 cm³/mol. The van der Waals surface area contributed by atoms with Crippen LogP contribution in [0.5, 0.6) is 0 Å². The van der Waals surface area contributed by atoms with Crippen molar-refractivity contribution in [1.29, 1.82) is 0 Å². The van der Waals surface area contributed by atoms with Crippen LogP contribution in [0.4, 0.5) is 16.2 Å². The molecule has 0 spiro atoms. The number of thiocarbonyl (C=S) groups is 1. The third kappa shape index (κ3) is 3.41. The molecule has 0 atom stereocenters. The van der Waals surface area contributed by atoms with E-state index in [9.17, 15) is 4.79 Å². The molecule has 6 heteroatoms. The first-order chi connectivity index (χ1) is 11.5. The summed E-state index contributed by atoms with van der Waals surface area (Å²) in [6.45, 7) is 0. The van der Waals surface area contributed by atoms with Crippen LogP contribution in [0.15, 0.2) is 57.9 Å². The Hall–Kier alpha value is -1.63. The number of nitrogens with zero attached hydrogens (tertiary/aromatic N) is 2. The number of anilines is 2. The fourth-order valence-electron chi connectivity index (χ4n) is 2.33.